The molecule has 1 atom stereocenters. The van der Waals surface area contributed by atoms with Crippen LogP contribution in [0.3, 0.4) is 0 Å². The van der Waals surface area contributed by atoms with Gasteiger partial charge in [0.2, 0.25) is 0 Å². The van der Waals surface area contributed by atoms with E-state index >= 15 is 0 Å². The van der Waals surface area contributed by atoms with Gasteiger partial charge in [-0.1, -0.05) is 32.1 Å². The highest BCUT2D eigenvalue weighted by atomic mass is 16.5. The number of ether oxygens (including phenoxy) is 1. The van der Waals surface area contributed by atoms with Gasteiger partial charge in [0, 0.05) is 6.42 Å². The second-order valence-corrected chi connectivity index (χ2v) is 4.97. The van der Waals surface area contributed by atoms with Gasteiger partial charge in [0.25, 0.3) is 0 Å². The lowest BCUT2D eigenvalue weighted by Crippen LogP contribution is -2.42. The molecule has 0 aliphatic heterocycles. The van der Waals surface area contributed by atoms with Gasteiger partial charge in [-0.25, -0.2) is 0 Å². The third-order valence-corrected chi connectivity index (χ3v) is 3.75. The molecule has 1 aliphatic carbocycles. The van der Waals surface area contributed by atoms with Crippen LogP contribution in [0.4, 0.5) is 0 Å². The molecule has 1 fully saturated rings. The second-order valence-electron chi connectivity index (χ2n) is 4.97. The smallest absolute Gasteiger partial charge is 0.324 e. The van der Waals surface area contributed by atoms with Crippen molar-refractivity contribution in [2.24, 2.45) is 11.3 Å². The topological polar surface area (TPSA) is 63.6 Å². The highest BCUT2D eigenvalue weighted by Crippen LogP contribution is 2.38. The van der Waals surface area contributed by atoms with Crippen LogP contribution in [-0.2, 0) is 14.3 Å². The van der Waals surface area contributed by atoms with E-state index in [0.29, 0.717) is 6.42 Å². The van der Waals surface area contributed by atoms with Crippen molar-refractivity contribution in [2.45, 2.75) is 44.9 Å². The van der Waals surface area contributed by atoms with Gasteiger partial charge in [0.15, 0.2) is 5.41 Å². The quantitative estimate of drug-likeness (QED) is 0.463. The molecule has 0 amide bonds. The lowest BCUT2D eigenvalue weighted by Gasteiger charge is -2.31. The molecule has 0 saturated heterocycles. The summed E-state index contributed by atoms with van der Waals surface area (Å²) in [4.78, 5) is 23.3. The van der Waals surface area contributed by atoms with Crippen LogP contribution in [0.5, 0.6) is 0 Å². The van der Waals surface area contributed by atoms with E-state index in [4.69, 9.17) is 6.42 Å². The van der Waals surface area contributed by atoms with E-state index in [0.717, 1.165) is 25.7 Å². The Hall–Kier alpha value is -1.50. The Balaban J connectivity index is 2.90. The van der Waals surface area contributed by atoms with Crippen LogP contribution in [0.15, 0.2) is 0 Å². The van der Waals surface area contributed by atoms with Crippen molar-refractivity contribution >= 4 is 11.9 Å². The molecular formula is C14H20O4. The van der Waals surface area contributed by atoms with Gasteiger partial charge < -0.3 is 9.84 Å². The third-order valence-electron chi connectivity index (χ3n) is 3.75. The van der Waals surface area contributed by atoms with Gasteiger partial charge in [-0.3, -0.25) is 9.59 Å². The number of carboxylic acid groups (broad SMARTS) is 1. The van der Waals surface area contributed by atoms with Gasteiger partial charge in [-0.15, -0.1) is 12.3 Å². The van der Waals surface area contributed by atoms with Crippen molar-refractivity contribution in [3.63, 3.8) is 0 Å². The Morgan fingerprint density at radius 3 is 2.44 bits per heavy atom. The normalized spacial score (nSPS) is 19.6. The predicted molar refractivity (Wildman–Crippen MR) is 66.7 cm³/mol. The molecule has 0 heterocycles. The number of hydrogen-bond acceptors (Lipinski definition) is 3. The zero-order valence-electron chi connectivity index (χ0n) is 10.8. The molecule has 0 aromatic carbocycles. The van der Waals surface area contributed by atoms with E-state index in [9.17, 15) is 14.7 Å². The molecule has 100 valence electrons. The molecule has 1 unspecified atom stereocenters. The fourth-order valence-electron chi connectivity index (χ4n) is 2.73. The van der Waals surface area contributed by atoms with E-state index in [1.54, 1.807) is 0 Å². The van der Waals surface area contributed by atoms with E-state index in [2.05, 4.69) is 10.7 Å². The first-order valence-electron chi connectivity index (χ1n) is 6.32. The predicted octanol–water partition coefficient (Wildman–Crippen LogP) is 2.22. The summed E-state index contributed by atoms with van der Waals surface area (Å²) in [5.41, 5.74) is -1.56. The van der Waals surface area contributed by atoms with Gasteiger partial charge in [0.1, 0.15) is 0 Å². The molecule has 0 bridgehead atoms. The standard InChI is InChI=1S/C14H20O4/c1-3-9-14(12(15)16,13(17)18-2)10-11-7-5-4-6-8-11/h1,11H,4-10H2,2H3,(H,15,16). The molecule has 1 saturated carbocycles. The molecular weight excluding hydrogens is 232 g/mol. The Labute approximate surface area is 108 Å². The molecule has 1 N–H and O–H groups in total. The lowest BCUT2D eigenvalue weighted by molar-refractivity contribution is -0.168. The lowest BCUT2D eigenvalue weighted by atomic mass is 9.72. The maximum atomic E-state index is 11.8. The zero-order valence-corrected chi connectivity index (χ0v) is 10.8. The number of hydrogen-bond donors (Lipinski definition) is 1. The molecule has 0 aromatic rings. The van der Waals surface area contributed by atoms with Crippen molar-refractivity contribution in [1.82, 2.24) is 0 Å². The average molecular weight is 252 g/mol. The van der Waals surface area contributed by atoms with E-state index < -0.39 is 17.4 Å². The number of carbonyl (C=O) groups excluding carboxylic acids is 1. The van der Waals surface area contributed by atoms with Crippen molar-refractivity contribution < 1.29 is 19.4 Å². The summed E-state index contributed by atoms with van der Waals surface area (Å²) in [6.45, 7) is 0. The summed E-state index contributed by atoms with van der Waals surface area (Å²) >= 11 is 0. The second kappa shape index (κ2) is 6.44. The van der Waals surface area contributed by atoms with Crippen LogP contribution in [-0.4, -0.2) is 24.2 Å². The van der Waals surface area contributed by atoms with Crippen molar-refractivity contribution in [2.75, 3.05) is 7.11 Å². The molecule has 0 spiro atoms. The molecule has 0 aromatic heterocycles. The minimum atomic E-state index is -1.56. The summed E-state index contributed by atoms with van der Waals surface area (Å²) in [5, 5.41) is 9.39. The highest BCUT2D eigenvalue weighted by Gasteiger charge is 2.48. The summed E-state index contributed by atoms with van der Waals surface area (Å²) < 4.78 is 4.66. The number of rotatable bonds is 5. The van der Waals surface area contributed by atoms with E-state index in [1.165, 1.54) is 13.5 Å². The number of carboxylic acids is 1. The molecule has 1 rings (SSSR count). The minimum absolute atomic E-state index is 0.106. The number of carbonyl (C=O) groups is 2. The Bertz CT molecular complexity index is 349. The molecule has 1 aliphatic rings. The molecule has 0 radical (unpaired) electrons. The van der Waals surface area contributed by atoms with Crippen molar-refractivity contribution in [3.05, 3.63) is 0 Å². The largest absolute Gasteiger partial charge is 0.480 e. The Morgan fingerprint density at radius 1 is 1.39 bits per heavy atom. The summed E-state index contributed by atoms with van der Waals surface area (Å²) in [6, 6.07) is 0. The number of aliphatic carboxylic acids is 1. The zero-order chi connectivity index (χ0) is 13.6. The van der Waals surface area contributed by atoms with Crippen LogP contribution in [0.2, 0.25) is 0 Å². The summed E-state index contributed by atoms with van der Waals surface area (Å²) in [5.74, 6) is 0.673. The molecule has 4 heteroatoms. The summed E-state index contributed by atoms with van der Waals surface area (Å²) in [6.07, 6.45) is 10.7. The fourth-order valence-corrected chi connectivity index (χ4v) is 2.73. The first-order chi connectivity index (χ1) is 8.56. The fraction of sp³-hybridized carbons (Fsp3) is 0.714. The highest BCUT2D eigenvalue weighted by molar-refractivity contribution is 5.99. The van der Waals surface area contributed by atoms with Crippen LogP contribution in [0.1, 0.15) is 44.9 Å². The number of terminal acetylenes is 1. The van der Waals surface area contributed by atoms with Crippen LogP contribution >= 0.6 is 0 Å². The summed E-state index contributed by atoms with van der Waals surface area (Å²) in [7, 11) is 1.21. The SMILES string of the molecule is C#CCC(CC1CCCCC1)(C(=O)O)C(=O)OC. The van der Waals surface area contributed by atoms with Crippen LogP contribution < -0.4 is 0 Å². The maximum Gasteiger partial charge on any atom is 0.324 e. The first kappa shape index (κ1) is 14.6. The van der Waals surface area contributed by atoms with Gasteiger partial charge in [0.05, 0.1) is 7.11 Å². The number of esters is 1. The number of methoxy groups -OCH3 is 1. The maximum absolute atomic E-state index is 11.8. The van der Waals surface area contributed by atoms with Gasteiger partial charge in [-0.05, 0) is 12.3 Å². The van der Waals surface area contributed by atoms with E-state index in [-0.39, 0.29) is 12.3 Å². The first-order valence-corrected chi connectivity index (χ1v) is 6.32. The van der Waals surface area contributed by atoms with Crippen molar-refractivity contribution in [3.8, 4) is 12.3 Å². The molecule has 4 nitrogen and oxygen atoms in total. The van der Waals surface area contributed by atoms with Crippen LogP contribution in [0, 0.1) is 23.7 Å². The Kier molecular flexibility index (Phi) is 5.21. The van der Waals surface area contributed by atoms with Crippen molar-refractivity contribution in [1.29, 1.82) is 0 Å². The molecule has 18 heavy (non-hydrogen) atoms. The van der Waals surface area contributed by atoms with Gasteiger partial charge in [-0.2, -0.15) is 0 Å². The third kappa shape index (κ3) is 3.04. The average Bonchev–Trinajstić information content (AvgIpc) is 2.38. The van der Waals surface area contributed by atoms with E-state index in [1.807, 2.05) is 0 Å². The van der Waals surface area contributed by atoms with Gasteiger partial charge >= 0.3 is 11.9 Å². The Morgan fingerprint density at radius 2 is 2.00 bits per heavy atom. The minimum Gasteiger partial charge on any atom is -0.480 e. The monoisotopic (exact) mass is 252 g/mol. The van der Waals surface area contributed by atoms with Crippen LogP contribution in [0.25, 0.3) is 0 Å².